The van der Waals surface area contributed by atoms with Gasteiger partial charge >= 0.3 is 5.97 Å². The van der Waals surface area contributed by atoms with Gasteiger partial charge in [-0.3, -0.25) is 0 Å². The highest BCUT2D eigenvalue weighted by molar-refractivity contribution is 9.10. The topological polar surface area (TPSA) is 49.3 Å². The molecular formula is C14H18BrNO2. The molecule has 98 valence electrons. The van der Waals surface area contributed by atoms with E-state index in [1.165, 1.54) is 25.7 Å². The maximum absolute atomic E-state index is 11.2. The molecule has 3 nitrogen and oxygen atoms in total. The molecule has 4 heteroatoms. The van der Waals surface area contributed by atoms with E-state index in [1.54, 1.807) is 6.07 Å². The Bertz CT molecular complexity index is 453. The Morgan fingerprint density at radius 2 is 2.11 bits per heavy atom. The summed E-state index contributed by atoms with van der Waals surface area (Å²) in [6.07, 6.45) is 5.00. The molecule has 1 aliphatic carbocycles. The van der Waals surface area contributed by atoms with Crippen LogP contribution in [0.25, 0.3) is 0 Å². The van der Waals surface area contributed by atoms with Crippen LogP contribution < -0.4 is 5.32 Å². The van der Waals surface area contributed by atoms with E-state index in [-0.39, 0.29) is 0 Å². The Hall–Kier alpha value is -1.03. The van der Waals surface area contributed by atoms with E-state index in [4.69, 9.17) is 0 Å². The van der Waals surface area contributed by atoms with Crippen molar-refractivity contribution in [2.75, 3.05) is 11.9 Å². The lowest BCUT2D eigenvalue weighted by atomic mass is 9.89. The smallest absolute Gasteiger partial charge is 0.338 e. The lowest BCUT2D eigenvalue weighted by Gasteiger charge is -2.25. The molecule has 0 heterocycles. The van der Waals surface area contributed by atoms with E-state index in [9.17, 15) is 9.90 Å². The first-order chi connectivity index (χ1) is 8.52. The molecule has 1 aliphatic rings. The molecule has 1 aromatic carbocycles. The Labute approximate surface area is 116 Å². The van der Waals surface area contributed by atoms with Crippen molar-refractivity contribution < 1.29 is 9.90 Å². The maximum Gasteiger partial charge on any atom is 0.338 e. The van der Waals surface area contributed by atoms with E-state index < -0.39 is 5.97 Å². The summed E-state index contributed by atoms with van der Waals surface area (Å²) in [4.78, 5) is 11.2. The van der Waals surface area contributed by atoms with Gasteiger partial charge in [-0.25, -0.2) is 4.79 Å². The first-order valence-corrected chi connectivity index (χ1v) is 7.07. The minimum atomic E-state index is -0.901. The Morgan fingerprint density at radius 3 is 2.72 bits per heavy atom. The third-order valence-corrected chi connectivity index (χ3v) is 4.40. The third-order valence-electron chi connectivity index (χ3n) is 3.74. The molecule has 0 radical (unpaired) electrons. The van der Waals surface area contributed by atoms with Gasteiger partial charge in [-0.05, 0) is 46.3 Å². The van der Waals surface area contributed by atoms with Crippen LogP contribution in [0.2, 0.25) is 0 Å². The van der Waals surface area contributed by atoms with Crippen molar-refractivity contribution in [3.05, 3.63) is 28.2 Å². The fraction of sp³-hybridized carbons (Fsp3) is 0.500. The van der Waals surface area contributed by atoms with Gasteiger partial charge in [0.05, 0.1) is 5.56 Å². The largest absolute Gasteiger partial charge is 0.478 e. The molecule has 0 saturated heterocycles. The van der Waals surface area contributed by atoms with Gasteiger partial charge in [0.2, 0.25) is 0 Å². The highest BCUT2D eigenvalue weighted by atomic mass is 79.9. The minimum Gasteiger partial charge on any atom is -0.478 e. The molecule has 2 N–H and O–H groups in total. The lowest BCUT2D eigenvalue weighted by Crippen LogP contribution is -2.23. The Balaban J connectivity index is 2.14. The summed E-state index contributed by atoms with van der Waals surface area (Å²) in [5.74, 6) is -0.901. The second-order valence-corrected chi connectivity index (χ2v) is 6.19. The molecule has 0 amide bonds. The minimum absolute atomic E-state index is 0.304. The number of rotatable bonds is 4. The van der Waals surface area contributed by atoms with Crippen LogP contribution in [0.5, 0.6) is 0 Å². The molecule has 1 aromatic rings. The standard InChI is InChI=1S/C14H18BrNO2/c1-14(7-2-3-8-14)9-16-11-6-4-5-10(15)12(11)13(17)18/h4-6,16H,2-3,7-9H2,1H3,(H,17,18). The van der Waals surface area contributed by atoms with Gasteiger partial charge in [0.25, 0.3) is 0 Å². The number of benzene rings is 1. The Kier molecular flexibility index (Phi) is 3.95. The van der Waals surface area contributed by atoms with Gasteiger partial charge in [0.15, 0.2) is 0 Å². The summed E-state index contributed by atoms with van der Waals surface area (Å²) in [7, 11) is 0. The maximum atomic E-state index is 11.2. The van der Waals surface area contributed by atoms with Crippen LogP contribution >= 0.6 is 15.9 Å². The molecule has 0 aromatic heterocycles. The SMILES string of the molecule is CC1(CNc2cccc(Br)c2C(=O)O)CCCC1. The first kappa shape index (κ1) is 13.4. The summed E-state index contributed by atoms with van der Waals surface area (Å²) >= 11 is 3.29. The zero-order chi connectivity index (χ0) is 13.2. The zero-order valence-electron chi connectivity index (χ0n) is 10.5. The average molecular weight is 312 g/mol. The molecule has 2 rings (SSSR count). The van der Waals surface area contributed by atoms with Crippen molar-refractivity contribution in [3.63, 3.8) is 0 Å². The first-order valence-electron chi connectivity index (χ1n) is 6.27. The van der Waals surface area contributed by atoms with Gasteiger partial charge in [-0.1, -0.05) is 25.8 Å². The third kappa shape index (κ3) is 2.86. The molecule has 1 fully saturated rings. The van der Waals surface area contributed by atoms with Crippen molar-refractivity contribution in [3.8, 4) is 0 Å². The number of nitrogens with one attached hydrogen (secondary N) is 1. The molecule has 0 spiro atoms. The van der Waals surface area contributed by atoms with Gasteiger partial charge in [-0.15, -0.1) is 0 Å². The van der Waals surface area contributed by atoms with Crippen LogP contribution in [0.1, 0.15) is 43.0 Å². The fourth-order valence-corrected chi connectivity index (χ4v) is 3.14. The predicted molar refractivity (Wildman–Crippen MR) is 76.2 cm³/mol. The normalized spacial score (nSPS) is 17.7. The number of anilines is 1. The monoisotopic (exact) mass is 311 g/mol. The fourth-order valence-electron chi connectivity index (χ4n) is 2.60. The van der Waals surface area contributed by atoms with Gasteiger partial charge in [0, 0.05) is 16.7 Å². The predicted octanol–water partition coefficient (Wildman–Crippen LogP) is 4.14. The molecule has 1 saturated carbocycles. The van der Waals surface area contributed by atoms with Crippen LogP contribution in [-0.2, 0) is 0 Å². The van der Waals surface area contributed by atoms with Gasteiger partial charge in [0.1, 0.15) is 0 Å². The number of carboxylic acids is 1. The molecule has 18 heavy (non-hydrogen) atoms. The van der Waals surface area contributed by atoms with E-state index in [1.807, 2.05) is 12.1 Å². The van der Waals surface area contributed by atoms with Gasteiger partial charge in [-0.2, -0.15) is 0 Å². The van der Waals surface area contributed by atoms with E-state index in [0.717, 1.165) is 6.54 Å². The van der Waals surface area contributed by atoms with E-state index >= 15 is 0 Å². The van der Waals surface area contributed by atoms with Crippen molar-refractivity contribution in [1.82, 2.24) is 0 Å². The molecule has 0 aliphatic heterocycles. The van der Waals surface area contributed by atoms with E-state index in [0.29, 0.717) is 21.1 Å². The number of hydrogen-bond acceptors (Lipinski definition) is 2. The average Bonchev–Trinajstić information content (AvgIpc) is 2.73. The highest BCUT2D eigenvalue weighted by Crippen LogP contribution is 2.38. The number of carboxylic acid groups (broad SMARTS) is 1. The van der Waals surface area contributed by atoms with E-state index in [2.05, 4.69) is 28.2 Å². The van der Waals surface area contributed by atoms with Crippen molar-refractivity contribution in [2.24, 2.45) is 5.41 Å². The van der Waals surface area contributed by atoms with Crippen LogP contribution in [-0.4, -0.2) is 17.6 Å². The van der Waals surface area contributed by atoms with Crippen LogP contribution in [0.4, 0.5) is 5.69 Å². The second-order valence-electron chi connectivity index (χ2n) is 5.34. The quantitative estimate of drug-likeness (QED) is 0.878. The van der Waals surface area contributed by atoms with Crippen molar-refractivity contribution in [1.29, 1.82) is 0 Å². The molecule has 0 bridgehead atoms. The van der Waals surface area contributed by atoms with Crippen LogP contribution in [0.15, 0.2) is 22.7 Å². The molecule has 0 atom stereocenters. The number of carbonyl (C=O) groups is 1. The van der Waals surface area contributed by atoms with Crippen molar-refractivity contribution in [2.45, 2.75) is 32.6 Å². The summed E-state index contributed by atoms with van der Waals surface area (Å²) in [5.41, 5.74) is 1.32. The summed E-state index contributed by atoms with van der Waals surface area (Å²) in [6, 6.07) is 5.44. The highest BCUT2D eigenvalue weighted by Gasteiger charge is 2.28. The molecule has 0 unspecified atom stereocenters. The van der Waals surface area contributed by atoms with Crippen LogP contribution in [0, 0.1) is 5.41 Å². The van der Waals surface area contributed by atoms with Crippen LogP contribution in [0.3, 0.4) is 0 Å². The number of aromatic carboxylic acids is 1. The zero-order valence-corrected chi connectivity index (χ0v) is 12.1. The summed E-state index contributed by atoms with van der Waals surface area (Å²) < 4.78 is 0.622. The van der Waals surface area contributed by atoms with Crippen molar-refractivity contribution >= 4 is 27.6 Å². The van der Waals surface area contributed by atoms with Gasteiger partial charge < -0.3 is 10.4 Å². The summed E-state index contributed by atoms with van der Waals surface area (Å²) in [6.45, 7) is 3.11. The molecular weight excluding hydrogens is 294 g/mol. The number of hydrogen-bond donors (Lipinski definition) is 2. The second kappa shape index (κ2) is 5.31. The summed E-state index contributed by atoms with van der Waals surface area (Å²) in [5, 5.41) is 12.5. The number of halogens is 1. The lowest BCUT2D eigenvalue weighted by molar-refractivity contribution is 0.0697. The Morgan fingerprint density at radius 1 is 1.44 bits per heavy atom.